The van der Waals surface area contributed by atoms with Crippen molar-refractivity contribution in [3.05, 3.63) is 65.2 Å². The van der Waals surface area contributed by atoms with E-state index in [1.807, 2.05) is 0 Å². The van der Waals surface area contributed by atoms with Crippen LogP contribution < -0.4 is 14.8 Å². The quantitative estimate of drug-likeness (QED) is 0.403. The topological polar surface area (TPSA) is 73.3 Å². The van der Waals surface area contributed by atoms with Gasteiger partial charge in [0, 0.05) is 30.1 Å². The zero-order chi connectivity index (χ0) is 22.1. The van der Waals surface area contributed by atoms with Crippen LogP contribution in [0.4, 0.5) is 4.39 Å². The van der Waals surface area contributed by atoms with Crippen LogP contribution in [0.15, 0.2) is 42.5 Å². The Morgan fingerprint density at radius 2 is 1.90 bits per heavy atom. The van der Waals surface area contributed by atoms with Crippen LogP contribution in [0.25, 0.3) is 0 Å². The van der Waals surface area contributed by atoms with E-state index >= 15 is 0 Å². The van der Waals surface area contributed by atoms with Crippen molar-refractivity contribution in [2.75, 3.05) is 13.7 Å². The number of aromatic nitrogens is 2. The number of unbranched alkanes of at least 4 members (excludes halogenated alkanes) is 3. The second-order valence-electron chi connectivity index (χ2n) is 7.06. The molecule has 0 fully saturated rings. The van der Waals surface area contributed by atoms with Crippen molar-refractivity contribution < 1.29 is 18.7 Å². The number of nitrogens with one attached hydrogen (secondary N) is 1. The number of carbonyl (C=O) groups excluding carboxylic acids is 1. The lowest BCUT2D eigenvalue weighted by atomic mass is 10.1. The first-order valence-electron chi connectivity index (χ1n) is 10.3. The normalized spacial score (nSPS) is 10.7. The summed E-state index contributed by atoms with van der Waals surface area (Å²) < 4.78 is 28.6. The van der Waals surface area contributed by atoms with Crippen LogP contribution >= 0.6 is 11.5 Å². The molecule has 1 heterocycles. The number of hydrogen-bond donors (Lipinski definition) is 1. The van der Waals surface area contributed by atoms with Crippen LogP contribution in [-0.4, -0.2) is 28.9 Å². The van der Waals surface area contributed by atoms with Crippen molar-refractivity contribution in [2.45, 2.75) is 39.0 Å². The summed E-state index contributed by atoms with van der Waals surface area (Å²) in [6.07, 6.45) is 4.89. The molecule has 0 aliphatic heterocycles. The van der Waals surface area contributed by atoms with E-state index in [0.29, 0.717) is 41.0 Å². The molecule has 2 aromatic carbocycles. The summed E-state index contributed by atoms with van der Waals surface area (Å²) in [7, 11) is 1.52. The molecule has 8 heteroatoms. The van der Waals surface area contributed by atoms with E-state index in [2.05, 4.69) is 21.6 Å². The maximum Gasteiger partial charge on any atom is 0.298 e. The molecule has 0 radical (unpaired) electrons. The SMILES string of the molecule is CCCCCCNC(=O)c1ccc(Oc2nc(Cc3ccc(F)cc3)ns2)c(OC)c1. The van der Waals surface area contributed by atoms with Crippen LogP contribution in [0.5, 0.6) is 16.7 Å². The third-order valence-electron chi connectivity index (χ3n) is 4.66. The maximum absolute atomic E-state index is 13.0. The highest BCUT2D eigenvalue weighted by Gasteiger charge is 2.14. The van der Waals surface area contributed by atoms with Gasteiger partial charge < -0.3 is 14.8 Å². The van der Waals surface area contributed by atoms with Crippen LogP contribution in [0.3, 0.4) is 0 Å². The highest BCUT2D eigenvalue weighted by molar-refractivity contribution is 7.07. The van der Waals surface area contributed by atoms with E-state index in [9.17, 15) is 9.18 Å². The van der Waals surface area contributed by atoms with Crippen LogP contribution in [-0.2, 0) is 6.42 Å². The first kappa shape index (κ1) is 22.7. The molecule has 164 valence electrons. The maximum atomic E-state index is 13.0. The van der Waals surface area contributed by atoms with E-state index in [-0.39, 0.29) is 11.7 Å². The molecule has 31 heavy (non-hydrogen) atoms. The highest BCUT2D eigenvalue weighted by Crippen LogP contribution is 2.33. The Balaban J connectivity index is 1.60. The number of hydrogen-bond acceptors (Lipinski definition) is 6. The molecule has 6 nitrogen and oxygen atoms in total. The molecule has 0 saturated carbocycles. The van der Waals surface area contributed by atoms with Gasteiger partial charge in [0.15, 0.2) is 17.3 Å². The van der Waals surface area contributed by atoms with Crippen molar-refractivity contribution in [3.63, 3.8) is 0 Å². The van der Waals surface area contributed by atoms with Crippen LogP contribution in [0, 0.1) is 5.82 Å². The number of nitrogens with zero attached hydrogens (tertiary/aromatic N) is 2. The summed E-state index contributed by atoms with van der Waals surface area (Å²) in [6.45, 7) is 2.81. The predicted molar refractivity (Wildman–Crippen MR) is 119 cm³/mol. The lowest BCUT2D eigenvalue weighted by molar-refractivity contribution is 0.0952. The van der Waals surface area contributed by atoms with Gasteiger partial charge in [-0.15, -0.1) is 0 Å². The Kier molecular flexibility index (Phi) is 8.35. The fourth-order valence-corrected chi connectivity index (χ4v) is 3.54. The molecule has 3 rings (SSSR count). The summed E-state index contributed by atoms with van der Waals surface area (Å²) in [5.41, 5.74) is 1.42. The molecule has 1 amide bonds. The molecule has 3 aromatic rings. The summed E-state index contributed by atoms with van der Waals surface area (Å²) in [4.78, 5) is 16.7. The molecule has 0 unspecified atom stereocenters. The summed E-state index contributed by atoms with van der Waals surface area (Å²) >= 11 is 1.12. The molecule has 1 N–H and O–H groups in total. The largest absolute Gasteiger partial charge is 0.493 e. The average Bonchev–Trinajstić information content (AvgIpc) is 3.22. The zero-order valence-electron chi connectivity index (χ0n) is 17.7. The van der Waals surface area contributed by atoms with E-state index < -0.39 is 0 Å². The van der Waals surface area contributed by atoms with E-state index in [1.54, 1.807) is 30.3 Å². The molecule has 0 aliphatic rings. The van der Waals surface area contributed by atoms with E-state index in [4.69, 9.17) is 9.47 Å². The molecule has 0 aliphatic carbocycles. The van der Waals surface area contributed by atoms with Gasteiger partial charge in [-0.1, -0.05) is 38.3 Å². The van der Waals surface area contributed by atoms with Gasteiger partial charge in [0.05, 0.1) is 7.11 Å². The van der Waals surface area contributed by atoms with E-state index in [1.165, 1.54) is 25.7 Å². The Morgan fingerprint density at radius 1 is 1.10 bits per heavy atom. The Bertz CT molecular complexity index is 992. The van der Waals surface area contributed by atoms with Gasteiger partial charge in [-0.25, -0.2) is 4.39 Å². The van der Waals surface area contributed by atoms with Gasteiger partial charge in [0.25, 0.3) is 11.1 Å². The Hall–Kier alpha value is -3.00. The fraction of sp³-hybridized carbons (Fsp3) is 0.348. The van der Waals surface area contributed by atoms with Gasteiger partial charge >= 0.3 is 0 Å². The standard InChI is InChI=1S/C23H26FN3O3S/c1-3-4-5-6-13-25-22(28)17-9-12-19(20(15-17)29-2)30-23-26-21(27-31-23)14-16-7-10-18(24)11-8-16/h7-12,15H,3-6,13-14H2,1-2H3,(H,25,28). The summed E-state index contributed by atoms with van der Waals surface area (Å²) in [6, 6.07) is 11.3. The van der Waals surface area contributed by atoms with Crippen molar-refractivity contribution >= 4 is 17.4 Å². The van der Waals surface area contributed by atoms with Crippen molar-refractivity contribution in [2.24, 2.45) is 0 Å². The molecule has 0 saturated heterocycles. The molecular weight excluding hydrogens is 417 g/mol. The predicted octanol–water partition coefficient (Wildman–Crippen LogP) is 5.38. The Labute approximate surface area is 185 Å². The van der Waals surface area contributed by atoms with Gasteiger partial charge in [-0.05, 0) is 42.3 Å². The first-order chi connectivity index (χ1) is 15.1. The summed E-state index contributed by atoms with van der Waals surface area (Å²) in [5.74, 6) is 1.06. The second-order valence-corrected chi connectivity index (χ2v) is 7.78. The zero-order valence-corrected chi connectivity index (χ0v) is 18.5. The van der Waals surface area contributed by atoms with Gasteiger partial charge in [-0.3, -0.25) is 4.79 Å². The smallest absolute Gasteiger partial charge is 0.298 e. The molecule has 1 aromatic heterocycles. The summed E-state index contributed by atoms with van der Waals surface area (Å²) in [5, 5.41) is 3.29. The lowest BCUT2D eigenvalue weighted by Gasteiger charge is -2.10. The second kappa shape index (κ2) is 11.4. The number of amides is 1. The minimum Gasteiger partial charge on any atom is -0.493 e. The van der Waals surface area contributed by atoms with E-state index in [0.717, 1.165) is 36.4 Å². The van der Waals surface area contributed by atoms with Crippen LogP contribution in [0.2, 0.25) is 0 Å². The number of carbonyl (C=O) groups is 1. The number of rotatable bonds is 11. The van der Waals surface area contributed by atoms with Crippen molar-refractivity contribution in [1.29, 1.82) is 0 Å². The third-order valence-corrected chi connectivity index (χ3v) is 5.30. The van der Waals surface area contributed by atoms with Gasteiger partial charge in [0.2, 0.25) is 0 Å². The number of benzene rings is 2. The van der Waals surface area contributed by atoms with Crippen molar-refractivity contribution in [1.82, 2.24) is 14.7 Å². The minimum atomic E-state index is -0.278. The molecule has 0 spiro atoms. The molecular formula is C23H26FN3O3S. The molecule has 0 bridgehead atoms. The number of ether oxygens (including phenoxy) is 2. The number of methoxy groups -OCH3 is 1. The Morgan fingerprint density at radius 3 is 2.65 bits per heavy atom. The molecule has 0 atom stereocenters. The monoisotopic (exact) mass is 443 g/mol. The first-order valence-corrected chi connectivity index (χ1v) is 11.1. The highest BCUT2D eigenvalue weighted by atomic mass is 32.1. The average molecular weight is 444 g/mol. The number of halogens is 1. The minimum absolute atomic E-state index is 0.140. The third kappa shape index (κ3) is 6.75. The van der Waals surface area contributed by atoms with Crippen LogP contribution in [0.1, 0.15) is 54.4 Å². The van der Waals surface area contributed by atoms with Crippen molar-refractivity contribution in [3.8, 4) is 16.7 Å². The lowest BCUT2D eigenvalue weighted by Crippen LogP contribution is -2.24. The van der Waals surface area contributed by atoms with Gasteiger partial charge in [-0.2, -0.15) is 9.36 Å². The fourth-order valence-electron chi connectivity index (χ4n) is 2.98. The van der Waals surface area contributed by atoms with Gasteiger partial charge in [0.1, 0.15) is 5.82 Å².